The van der Waals surface area contributed by atoms with Gasteiger partial charge in [-0.15, -0.1) is 0 Å². The summed E-state index contributed by atoms with van der Waals surface area (Å²) in [5, 5.41) is 0. The van der Waals surface area contributed by atoms with E-state index in [1.807, 2.05) is 0 Å². The van der Waals surface area contributed by atoms with Gasteiger partial charge in [0.15, 0.2) is 0 Å². The van der Waals surface area contributed by atoms with E-state index in [2.05, 4.69) is 56.4 Å². The Morgan fingerprint density at radius 2 is 1.94 bits per heavy atom. The van der Waals surface area contributed by atoms with Crippen LogP contribution in [-0.4, -0.2) is 0 Å². The number of hydrogen-bond acceptors (Lipinski definition) is 0. The lowest BCUT2D eigenvalue weighted by atomic mass is 9.94. The van der Waals surface area contributed by atoms with Crippen molar-refractivity contribution < 1.29 is 0 Å². The van der Waals surface area contributed by atoms with Crippen molar-refractivity contribution >= 4 is 0 Å². The molecule has 0 aromatic heterocycles. The van der Waals surface area contributed by atoms with E-state index < -0.39 is 0 Å². The summed E-state index contributed by atoms with van der Waals surface area (Å²) in [6.45, 7) is 4.57. The molecule has 1 rings (SSSR count). The predicted octanol–water partition coefficient (Wildman–Crippen LogP) is 5.59. The fourth-order valence-electron chi connectivity index (χ4n) is 2.31. The maximum Gasteiger partial charge on any atom is -0.0157 e. The van der Waals surface area contributed by atoms with E-state index >= 15 is 0 Å². The van der Waals surface area contributed by atoms with E-state index in [1.54, 1.807) is 0 Å². The Balaban J connectivity index is 2.39. The summed E-state index contributed by atoms with van der Waals surface area (Å²) in [4.78, 5) is 0. The van der Waals surface area contributed by atoms with Gasteiger partial charge in [-0.05, 0) is 24.3 Å². The first-order chi connectivity index (χ1) is 8.36. The van der Waals surface area contributed by atoms with Gasteiger partial charge in [0.25, 0.3) is 0 Å². The Kier molecular flexibility index (Phi) is 7.46. The smallest absolute Gasteiger partial charge is 0.0157 e. The number of hydrogen-bond donors (Lipinski definition) is 0. The molecule has 0 nitrogen and oxygen atoms in total. The standard InChI is InChI=1S/C17H26/c1-3-10-16(11-4-2)14-9-15-17-12-7-5-6-8-13-17/h5-7,9,12-13,15-16H,3-4,8,10-11,14H2,1-2H3/b15-9+. The Morgan fingerprint density at radius 3 is 2.65 bits per heavy atom. The molecule has 0 bridgehead atoms. The van der Waals surface area contributed by atoms with Crippen LogP contribution in [-0.2, 0) is 0 Å². The second-order valence-corrected chi connectivity index (χ2v) is 4.81. The van der Waals surface area contributed by atoms with Gasteiger partial charge in [0.2, 0.25) is 0 Å². The highest BCUT2D eigenvalue weighted by Gasteiger charge is 2.03. The maximum absolute atomic E-state index is 2.36. The molecular formula is C17H26. The summed E-state index contributed by atoms with van der Waals surface area (Å²) >= 11 is 0. The summed E-state index contributed by atoms with van der Waals surface area (Å²) in [6.07, 6.45) is 23.2. The van der Waals surface area contributed by atoms with E-state index in [1.165, 1.54) is 37.7 Å². The summed E-state index contributed by atoms with van der Waals surface area (Å²) < 4.78 is 0. The van der Waals surface area contributed by atoms with Crippen LogP contribution >= 0.6 is 0 Å². The van der Waals surface area contributed by atoms with Gasteiger partial charge in [-0.3, -0.25) is 0 Å². The Hall–Kier alpha value is -1.04. The van der Waals surface area contributed by atoms with Crippen molar-refractivity contribution in [2.75, 3.05) is 0 Å². The van der Waals surface area contributed by atoms with Crippen LogP contribution in [0.1, 0.15) is 52.4 Å². The molecule has 0 aromatic rings. The lowest BCUT2D eigenvalue weighted by Gasteiger charge is -2.12. The van der Waals surface area contributed by atoms with Crippen LogP contribution in [0.15, 0.2) is 48.1 Å². The molecule has 0 aliphatic heterocycles. The van der Waals surface area contributed by atoms with Gasteiger partial charge >= 0.3 is 0 Å². The molecule has 0 radical (unpaired) electrons. The molecule has 0 atom stereocenters. The molecule has 0 heterocycles. The zero-order chi connectivity index (χ0) is 12.3. The SMILES string of the molecule is CCCC(C/C=C/C1=CCC=CC=C1)CCC. The molecule has 0 heteroatoms. The minimum Gasteiger partial charge on any atom is -0.0837 e. The van der Waals surface area contributed by atoms with Crippen LogP contribution in [0.2, 0.25) is 0 Å². The fraction of sp³-hybridized carbons (Fsp3) is 0.529. The molecular weight excluding hydrogens is 204 g/mol. The summed E-state index contributed by atoms with van der Waals surface area (Å²) in [7, 11) is 0. The summed E-state index contributed by atoms with van der Waals surface area (Å²) in [5.74, 6) is 0.884. The second-order valence-electron chi connectivity index (χ2n) is 4.81. The third-order valence-corrected chi connectivity index (χ3v) is 3.20. The highest BCUT2D eigenvalue weighted by Crippen LogP contribution is 2.18. The van der Waals surface area contributed by atoms with Crippen molar-refractivity contribution in [2.45, 2.75) is 52.4 Å². The fourth-order valence-corrected chi connectivity index (χ4v) is 2.31. The Morgan fingerprint density at radius 1 is 1.18 bits per heavy atom. The van der Waals surface area contributed by atoms with Crippen molar-refractivity contribution in [1.82, 2.24) is 0 Å². The minimum atomic E-state index is 0.884. The molecule has 0 saturated heterocycles. The summed E-state index contributed by atoms with van der Waals surface area (Å²) in [6, 6.07) is 0. The van der Waals surface area contributed by atoms with Crippen LogP contribution < -0.4 is 0 Å². The topological polar surface area (TPSA) is 0 Å². The van der Waals surface area contributed by atoms with Gasteiger partial charge in [-0.1, -0.05) is 82.1 Å². The van der Waals surface area contributed by atoms with Crippen LogP contribution in [0.4, 0.5) is 0 Å². The molecule has 1 aliphatic rings. The van der Waals surface area contributed by atoms with Gasteiger partial charge < -0.3 is 0 Å². The van der Waals surface area contributed by atoms with E-state index in [0.29, 0.717) is 0 Å². The molecule has 17 heavy (non-hydrogen) atoms. The molecule has 0 aromatic carbocycles. The minimum absolute atomic E-state index is 0.884. The monoisotopic (exact) mass is 230 g/mol. The van der Waals surface area contributed by atoms with Crippen LogP contribution in [0.5, 0.6) is 0 Å². The van der Waals surface area contributed by atoms with Gasteiger partial charge in [0.05, 0.1) is 0 Å². The highest BCUT2D eigenvalue weighted by atomic mass is 14.1. The molecule has 1 aliphatic carbocycles. The average molecular weight is 230 g/mol. The Labute approximate surface area is 107 Å². The molecule has 0 fully saturated rings. The lowest BCUT2D eigenvalue weighted by molar-refractivity contribution is 0.445. The zero-order valence-electron chi connectivity index (χ0n) is 11.4. The molecule has 0 unspecified atom stereocenters. The molecule has 0 spiro atoms. The predicted molar refractivity (Wildman–Crippen MR) is 78.0 cm³/mol. The first-order valence-corrected chi connectivity index (χ1v) is 7.06. The van der Waals surface area contributed by atoms with Crippen molar-refractivity contribution in [3.63, 3.8) is 0 Å². The van der Waals surface area contributed by atoms with Gasteiger partial charge in [0.1, 0.15) is 0 Å². The van der Waals surface area contributed by atoms with Gasteiger partial charge in [-0.2, -0.15) is 0 Å². The van der Waals surface area contributed by atoms with E-state index in [9.17, 15) is 0 Å². The molecule has 94 valence electrons. The van der Waals surface area contributed by atoms with E-state index in [0.717, 1.165) is 12.3 Å². The number of allylic oxidation sites excluding steroid dienone is 8. The molecule has 0 amide bonds. The first-order valence-electron chi connectivity index (χ1n) is 7.06. The largest absolute Gasteiger partial charge is 0.0837 e. The normalized spacial score (nSPS) is 15.6. The van der Waals surface area contributed by atoms with E-state index in [-0.39, 0.29) is 0 Å². The van der Waals surface area contributed by atoms with Crippen LogP contribution in [0, 0.1) is 5.92 Å². The lowest BCUT2D eigenvalue weighted by Crippen LogP contribution is -1.97. The molecule has 0 N–H and O–H groups in total. The second kappa shape index (κ2) is 9.04. The quantitative estimate of drug-likeness (QED) is 0.534. The number of rotatable bonds is 7. The van der Waals surface area contributed by atoms with Crippen molar-refractivity contribution in [1.29, 1.82) is 0 Å². The zero-order valence-corrected chi connectivity index (χ0v) is 11.4. The van der Waals surface area contributed by atoms with Crippen LogP contribution in [0.25, 0.3) is 0 Å². The van der Waals surface area contributed by atoms with Gasteiger partial charge in [-0.25, -0.2) is 0 Å². The van der Waals surface area contributed by atoms with Crippen LogP contribution in [0.3, 0.4) is 0 Å². The molecule has 0 saturated carbocycles. The average Bonchev–Trinajstić information content (AvgIpc) is 2.58. The third kappa shape index (κ3) is 6.31. The van der Waals surface area contributed by atoms with Crippen molar-refractivity contribution in [2.24, 2.45) is 5.92 Å². The maximum atomic E-state index is 2.36. The van der Waals surface area contributed by atoms with Gasteiger partial charge in [0, 0.05) is 0 Å². The highest BCUT2D eigenvalue weighted by molar-refractivity contribution is 5.34. The third-order valence-electron chi connectivity index (χ3n) is 3.20. The van der Waals surface area contributed by atoms with E-state index in [4.69, 9.17) is 0 Å². The Bertz CT molecular complexity index is 296. The summed E-state index contributed by atoms with van der Waals surface area (Å²) in [5.41, 5.74) is 1.35. The van der Waals surface area contributed by atoms with Crippen molar-refractivity contribution in [3.8, 4) is 0 Å². The first kappa shape index (κ1) is 14.0. The van der Waals surface area contributed by atoms with Crippen molar-refractivity contribution in [3.05, 3.63) is 48.1 Å².